The monoisotopic (exact) mass is 382 g/mol. The minimum absolute atomic E-state index is 0.102. The molecule has 156 valence electrons. The Morgan fingerprint density at radius 2 is 2.00 bits per heavy atom. The Labute approximate surface area is 164 Å². The van der Waals surface area contributed by atoms with Crippen molar-refractivity contribution in [2.45, 2.75) is 77.0 Å². The van der Waals surface area contributed by atoms with Crippen molar-refractivity contribution in [3.8, 4) is 0 Å². The zero-order valence-corrected chi connectivity index (χ0v) is 17.3. The maximum atomic E-state index is 12.3. The first kappa shape index (κ1) is 22.0. The number of hydrogen-bond donors (Lipinski definition) is 3. The van der Waals surface area contributed by atoms with Crippen LogP contribution in [0.2, 0.25) is 0 Å². The third kappa shape index (κ3) is 8.47. The van der Waals surface area contributed by atoms with Gasteiger partial charge in [0.25, 0.3) is 0 Å². The number of rotatable bonds is 8. The maximum Gasteiger partial charge on any atom is 0.223 e. The van der Waals surface area contributed by atoms with Gasteiger partial charge in [-0.15, -0.1) is 0 Å². The minimum Gasteiger partial charge on any atom is -0.381 e. The van der Waals surface area contributed by atoms with Crippen LogP contribution in [0.15, 0.2) is 4.99 Å². The van der Waals surface area contributed by atoms with Crippen LogP contribution in [0.5, 0.6) is 0 Å². The summed E-state index contributed by atoms with van der Waals surface area (Å²) in [4.78, 5) is 16.6. The Morgan fingerprint density at radius 3 is 2.70 bits per heavy atom. The number of carbonyl (C=O) groups is 1. The van der Waals surface area contributed by atoms with E-state index in [1.807, 2.05) is 13.8 Å². The van der Waals surface area contributed by atoms with Crippen molar-refractivity contribution < 1.29 is 14.3 Å². The van der Waals surface area contributed by atoms with Gasteiger partial charge in [-0.25, -0.2) is 0 Å². The lowest BCUT2D eigenvalue weighted by molar-refractivity contribution is -0.126. The number of ether oxygens (including phenoxy) is 2. The number of hydrogen-bond acceptors (Lipinski definition) is 4. The van der Waals surface area contributed by atoms with E-state index in [-0.39, 0.29) is 17.9 Å². The molecule has 0 bridgehead atoms. The Balaban J connectivity index is 1.62. The molecule has 2 unspecified atom stereocenters. The number of aliphatic imine (C=N–C) groups is 1. The summed E-state index contributed by atoms with van der Waals surface area (Å²) in [6, 6.07) is 0.495. The van der Waals surface area contributed by atoms with Gasteiger partial charge >= 0.3 is 0 Å². The second-order valence-corrected chi connectivity index (χ2v) is 7.90. The molecule has 2 rings (SSSR count). The van der Waals surface area contributed by atoms with Crippen LogP contribution in [0.3, 0.4) is 0 Å². The molecule has 27 heavy (non-hydrogen) atoms. The Morgan fingerprint density at radius 1 is 1.22 bits per heavy atom. The van der Waals surface area contributed by atoms with Gasteiger partial charge in [-0.3, -0.25) is 9.79 Å². The maximum absolute atomic E-state index is 12.3. The molecule has 1 aliphatic heterocycles. The van der Waals surface area contributed by atoms with Gasteiger partial charge in [-0.05, 0) is 52.4 Å². The molecule has 0 aromatic carbocycles. The second-order valence-electron chi connectivity index (χ2n) is 7.90. The molecule has 1 aliphatic carbocycles. The molecule has 1 amide bonds. The van der Waals surface area contributed by atoms with E-state index in [1.54, 1.807) is 7.05 Å². The fourth-order valence-electron chi connectivity index (χ4n) is 3.72. The first-order valence-electron chi connectivity index (χ1n) is 10.6. The van der Waals surface area contributed by atoms with E-state index in [9.17, 15) is 4.79 Å². The van der Waals surface area contributed by atoms with Gasteiger partial charge in [0.15, 0.2) is 5.96 Å². The van der Waals surface area contributed by atoms with Crippen LogP contribution in [0.25, 0.3) is 0 Å². The van der Waals surface area contributed by atoms with E-state index < -0.39 is 0 Å². The summed E-state index contributed by atoms with van der Waals surface area (Å²) in [6.07, 6.45) is 7.31. The molecule has 0 aromatic rings. The van der Waals surface area contributed by atoms with Crippen LogP contribution in [0.1, 0.15) is 58.8 Å². The molecule has 1 saturated heterocycles. The summed E-state index contributed by atoms with van der Waals surface area (Å²) in [7, 11) is 1.79. The Bertz CT molecular complexity index is 464. The van der Waals surface area contributed by atoms with Gasteiger partial charge in [0, 0.05) is 51.4 Å². The van der Waals surface area contributed by atoms with Crippen molar-refractivity contribution >= 4 is 11.9 Å². The van der Waals surface area contributed by atoms with Crippen molar-refractivity contribution in [3.05, 3.63) is 0 Å². The van der Waals surface area contributed by atoms with E-state index in [4.69, 9.17) is 9.47 Å². The zero-order chi connectivity index (χ0) is 19.5. The lowest BCUT2D eigenvalue weighted by atomic mass is 9.85. The summed E-state index contributed by atoms with van der Waals surface area (Å²) in [5.74, 6) is 1.10. The smallest absolute Gasteiger partial charge is 0.223 e. The van der Waals surface area contributed by atoms with Crippen molar-refractivity contribution in [2.24, 2.45) is 10.9 Å². The molecular formula is C20H38N4O3. The molecule has 1 saturated carbocycles. The molecule has 2 atom stereocenters. The van der Waals surface area contributed by atoms with E-state index in [1.165, 1.54) is 0 Å². The van der Waals surface area contributed by atoms with Gasteiger partial charge in [0.2, 0.25) is 5.91 Å². The number of nitrogens with zero attached hydrogens (tertiary/aromatic N) is 1. The molecule has 7 nitrogen and oxygen atoms in total. The second kappa shape index (κ2) is 12.2. The van der Waals surface area contributed by atoms with E-state index in [0.717, 1.165) is 77.3 Å². The first-order valence-corrected chi connectivity index (χ1v) is 10.6. The van der Waals surface area contributed by atoms with Crippen molar-refractivity contribution in [2.75, 3.05) is 33.4 Å². The van der Waals surface area contributed by atoms with Gasteiger partial charge < -0.3 is 25.4 Å². The van der Waals surface area contributed by atoms with Crippen LogP contribution >= 0.6 is 0 Å². The average molecular weight is 383 g/mol. The van der Waals surface area contributed by atoms with Crippen LogP contribution in [-0.2, 0) is 14.3 Å². The third-order valence-corrected chi connectivity index (χ3v) is 5.18. The fraction of sp³-hybridized carbons (Fsp3) is 0.900. The van der Waals surface area contributed by atoms with Crippen LogP contribution in [0, 0.1) is 5.92 Å². The highest BCUT2D eigenvalue weighted by Crippen LogP contribution is 2.24. The topological polar surface area (TPSA) is 84.0 Å². The predicted molar refractivity (Wildman–Crippen MR) is 108 cm³/mol. The first-order chi connectivity index (χ1) is 13.1. The number of nitrogens with one attached hydrogen (secondary N) is 3. The highest BCUT2D eigenvalue weighted by Gasteiger charge is 2.27. The summed E-state index contributed by atoms with van der Waals surface area (Å²) < 4.78 is 11.2. The van der Waals surface area contributed by atoms with Crippen LogP contribution in [0.4, 0.5) is 0 Å². The number of amides is 1. The van der Waals surface area contributed by atoms with E-state index >= 15 is 0 Å². The summed E-state index contributed by atoms with van der Waals surface area (Å²) in [5.41, 5.74) is 0. The molecule has 0 aromatic heterocycles. The van der Waals surface area contributed by atoms with E-state index in [0.29, 0.717) is 12.1 Å². The zero-order valence-electron chi connectivity index (χ0n) is 17.3. The quantitative estimate of drug-likeness (QED) is 0.339. The van der Waals surface area contributed by atoms with Gasteiger partial charge in [-0.1, -0.05) is 6.42 Å². The van der Waals surface area contributed by atoms with Crippen molar-refractivity contribution in [1.29, 1.82) is 0 Å². The summed E-state index contributed by atoms with van der Waals surface area (Å²) in [5, 5.41) is 9.89. The SMILES string of the molecule is CN=C(NCCCOC1CCOCC1)NC1CCCC(C(=O)NC(C)C)C1. The molecule has 2 aliphatic rings. The summed E-state index contributed by atoms with van der Waals surface area (Å²) in [6.45, 7) is 7.23. The highest BCUT2D eigenvalue weighted by molar-refractivity contribution is 5.81. The molecule has 0 spiro atoms. The van der Waals surface area contributed by atoms with Crippen LogP contribution < -0.4 is 16.0 Å². The third-order valence-electron chi connectivity index (χ3n) is 5.18. The number of carbonyl (C=O) groups excluding carboxylic acids is 1. The predicted octanol–water partition coefficient (Wildman–Crippen LogP) is 1.82. The average Bonchev–Trinajstić information content (AvgIpc) is 2.67. The summed E-state index contributed by atoms with van der Waals surface area (Å²) >= 11 is 0. The molecular weight excluding hydrogens is 344 g/mol. The van der Waals surface area contributed by atoms with Crippen molar-refractivity contribution in [1.82, 2.24) is 16.0 Å². The molecule has 0 radical (unpaired) electrons. The Hall–Kier alpha value is -1.34. The Kier molecular flexibility index (Phi) is 9.91. The molecule has 3 N–H and O–H groups in total. The molecule has 7 heteroatoms. The fourth-order valence-corrected chi connectivity index (χ4v) is 3.72. The molecule has 2 fully saturated rings. The van der Waals surface area contributed by atoms with Gasteiger partial charge in [0.05, 0.1) is 6.10 Å². The lowest BCUT2D eigenvalue weighted by Gasteiger charge is -2.30. The largest absolute Gasteiger partial charge is 0.381 e. The van der Waals surface area contributed by atoms with Crippen LogP contribution in [-0.4, -0.2) is 63.5 Å². The number of guanidine groups is 1. The van der Waals surface area contributed by atoms with E-state index in [2.05, 4.69) is 20.9 Å². The lowest BCUT2D eigenvalue weighted by Crippen LogP contribution is -2.47. The minimum atomic E-state index is 0.102. The molecule has 1 heterocycles. The highest BCUT2D eigenvalue weighted by atomic mass is 16.5. The van der Waals surface area contributed by atoms with Gasteiger partial charge in [-0.2, -0.15) is 0 Å². The standard InChI is InChI=1S/C20H38N4O3/c1-15(2)23-19(25)16-6-4-7-17(14-16)24-20(21-3)22-10-5-11-27-18-8-12-26-13-9-18/h15-18H,4-14H2,1-3H3,(H,23,25)(H2,21,22,24). The van der Waals surface area contributed by atoms with Gasteiger partial charge in [0.1, 0.15) is 0 Å². The normalized spacial score (nSPS) is 24.7. The van der Waals surface area contributed by atoms with Crippen molar-refractivity contribution in [3.63, 3.8) is 0 Å².